The Morgan fingerprint density at radius 3 is 2.88 bits per heavy atom. The van der Waals surface area contributed by atoms with Gasteiger partial charge in [-0.15, -0.1) is 11.3 Å². The second-order valence-corrected chi connectivity index (χ2v) is 8.15. The lowest BCUT2D eigenvalue weighted by Crippen LogP contribution is -2.22. The molecule has 4 N–H and O–H groups in total. The summed E-state index contributed by atoms with van der Waals surface area (Å²) in [5.41, 5.74) is 4.91. The molecule has 1 heterocycles. The molecule has 0 aliphatic heterocycles. The molecule has 6 heteroatoms. The molecule has 0 saturated heterocycles. The second-order valence-electron chi connectivity index (χ2n) is 7.05. The first-order valence-electron chi connectivity index (χ1n) is 7.92. The first-order chi connectivity index (χ1) is 11.3. The number of hydrogen-bond donors (Lipinski definition) is 3. The van der Waals surface area contributed by atoms with E-state index in [9.17, 15) is 14.3 Å². The fraction of sp³-hybridized carbons (Fsp3) is 0.389. The molecule has 0 unspecified atom stereocenters. The Kier molecular flexibility index (Phi) is 4.46. The third kappa shape index (κ3) is 3.09. The lowest BCUT2D eigenvalue weighted by molar-refractivity contribution is 0.0696. The largest absolute Gasteiger partial charge is 0.478 e. The summed E-state index contributed by atoms with van der Waals surface area (Å²) < 4.78 is 14.4. The molecule has 128 valence electrons. The van der Waals surface area contributed by atoms with Gasteiger partial charge in [0.25, 0.3) is 0 Å². The zero-order valence-electron chi connectivity index (χ0n) is 13.8. The molecule has 0 fully saturated rings. The standard InChI is InChI=1S/C18H21FN2O2S/c1-18(2)6-5-14-12(8-18)15(17(22)23)16(24-14)11-7-10(9-21-20)3-4-13(11)19/h3-4,7,21H,5-6,8-9,20H2,1-2H3,(H,22,23). The van der Waals surface area contributed by atoms with E-state index in [4.69, 9.17) is 5.84 Å². The van der Waals surface area contributed by atoms with Gasteiger partial charge in [0, 0.05) is 17.0 Å². The maximum atomic E-state index is 14.4. The van der Waals surface area contributed by atoms with Crippen LogP contribution in [0.4, 0.5) is 4.39 Å². The number of aromatic carboxylic acids is 1. The summed E-state index contributed by atoms with van der Waals surface area (Å²) in [4.78, 5) is 13.5. The number of carbonyl (C=O) groups is 1. The zero-order valence-corrected chi connectivity index (χ0v) is 14.6. The number of nitrogens with two attached hydrogens (primary N) is 1. The van der Waals surface area contributed by atoms with E-state index in [-0.39, 0.29) is 11.0 Å². The smallest absolute Gasteiger partial charge is 0.337 e. The molecule has 1 aromatic heterocycles. The highest BCUT2D eigenvalue weighted by molar-refractivity contribution is 7.16. The van der Waals surface area contributed by atoms with Crippen molar-refractivity contribution in [2.24, 2.45) is 11.3 Å². The third-order valence-electron chi connectivity index (χ3n) is 4.57. The van der Waals surface area contributed by atoms with Gasteiger partial charge < -0.3 is 5.11 Å². The van der Waals surface area contributed by atoms with Gasteiger partial charge in [-0.2, -0.15) is 0 Å². The lowest BCUT2D eigenvalue weighted by atomic mass is 9.76. The van der Waals surface area contributed by atoms with E-state index in [2.05, 4.69) is 19.3 Å². The number of benzene rings is 1. The summed E-state index contributed by atoms with van der Waals surface area (Å²) in [5.74, 6) is 3.95. The number of carboxylic acid groups (broad SMARTS) is 1. The van der Waals surface area contributed by atoms with Crippen molar-refractivity contribution in [1.82, 2.24) is 5.43 Å². The zero-order chi connectivity index (χ0) is 17.5. The second kappa shape index (κ2) is 6.27. The maximum absolute atomic E-state index is 14.4. The van der Waals surface area contributed by atoms with E-state index in [1.54, 1.807) is 12.1 Å². The van der Waals surface area contributed by atoms with E-state index in [1.807, 2.05) is 0 Å². The van der Waals surface area contributed by atoms with Crippen molar-refractivity contribution in [1.29, 1.82) is 0 Å². The molecule has 0 amide bonds. The van der Waals surface area contributed by atoms with Gasteiger partial charge >= 0.3 is 5.97 Å². The van der Waals surface area contributed by atoms with E-state index >= 15 is 0 Å². The number of halogens is 1. The monoisotopic (exact) mass is 348 g/mol. The number of nitrogens with one attached hydrogen (secondary N) is 1. The molecule has 1 aromatic carbocycles. The van der Waals surface area contributed by atoms with Crippen LogP contribution in [-0.2, 0) is 19.4 Å². The fourth-order valence-corrected chi connectivity index (χ4v) is 4.64. The average molecular weight is 348 g/mol. The number of fused-ring (bicyclic) bond motifs is 1. The molecular formula is C18H21FN2O2S. The normalized spacial score (nSPS) is 16.0. The van der Waals surface area contributed by atoms with E-state index in [0.29, 0.717) is 23.4 Å². The quantitative estimate of drug-likeness (QED) is 0.581. The molecule has 0 spiro atoms. The van der Waals surface area contributed by atoms with Crippen LogP contribution in [0.3, 0.4) is 0 Å². The van der Waals surface area contributed by atoms with Crippen molar-refractivity contribution >= 4 is 17.3 Å². The highest BCUT2D eigenvalue weighted by Crippen LogP contribution is 2.45. The van der Waals surface area contributed by atoms with E-state index < -0.39 is 11.8 Å². The van der Waals surface area contributed by atoms with Gasteiger partial charge in [-0.1, -0.05) is 19.9 Å². The minimum absolute atomic E-state index is 0.0689. The highest BCUT2D eigenvalue weighted by atomic mass is 32.1. The molecule has 0 radical (unpaired) electrons. The molecular weight excluding hydrogens is 327 g/mol. The van der Waals surface area contributed by atoms with Crippen LogP contribution in [0.25, 0.3) is 10.4 Å². The Hall–Kier alpha value is -1.76. The lowest BCUT2D eigenvalue weighted by Gasteiger charge is -2.29. The molecule has 24 heavy (non-hydrogen) atoms. The summed E-state index contributed by atoms with van der Waals surface area (Å²) >= 11 is 1.41. The summed E-state index contributed by atoms with van der Waals surface area (Å²) in [6.45, 7) is 4.69. The predicted molar refractivity (Wildman–Crippen MR) is 93.5 cm³/mol. The van der Waals surface area contributed by atoms with Gasteiger partial charge in [-0.3, -0.25) is 11.3 Å². The molecule has 1 aliphatic carbocycles. The van der Waals surface area contributed by atoms with E-state index in [1.165, 1.54) is 17.4 Å². The first-order valence-corrected chi connectivity index (χ1v) is 8.74. The molecule has 0 saturated carbocycles. The number of carboxylic acids is 1. The average Bonchev–Trinajstić information content (AvgIpc) is 2.86. The van der Waals surface area contributed by atoms with Crippen molar-refractivity contribution in [2.45, 2.75) is 39.7 Å². The van der Waals surface area contributed by atoms with Crippen molar-refractivity contribution in [3.05, 3.63) is 45.6 Å². The summed E-state index contributed by atoms with van der Waals surface area (Å²) in [6, 6.07) is 4.70. The Morgan fingerprint density at radius 2 is 2.21 bits per heavy atom. The number of thiophene rings is 1. The Bertz CT molecular complexity index is 799. The van der Waals surface area contributed by atoms with Crippen molar-refractivity contribution < 1.29 is 14.3 Å². The van der Waals surface area contributed by atoms with Gasteiger partial charge in [-0.05, 0) is 47.9 Å². The van der Waals surface area contributed by atoms with Crippen LogP contribution in [0.15, 0.2) is 18.2 Å². The van der Waals surface area contributed by atoms with Gasteiger partial charge in [0.05, 0.1) is 10.4 Å². The predicted octanol–water partition coefficient (Wildman–Crippen LogP) is 3.73. The number of hydrazine groups is 1. The van der Waals surface area contributed by atoms with Crippen molar-refractivity contribution in [3.8, 4) is 10.4 Å². The van der Waals surface area contributed by atoms with Crippen LogP contribution in [-0.4, -0.2) is 11.1 Å². The van der Waals surface area contributed by atoms with Crippen LogP contribution < -0.4 is 11.3 Å². The maximum Gasteiger partial charge on any atom is 0.337 e. The van der Waals surface area contributed by atoms with Gasteiger partial charge in [-0.25, -0.2) is 9.18 Å². The van der Waals surface area contributed by atoms with Crippen LogP contribution in [0.1, 0.15) is 46.6 Å². The molecule has 4 nitrogen and oxygen atoms in total. The molecule has 1 aliphatic rings. The Balaban J connectivity index is 2.17. The van der Waals surface area contributed by atoms with E-state index in [0.717, 1.165) is 28.8 Å². The number of rotatable bonds is 4. The van der Waals surface area contributed by atoms with Crippen LogP contribution >= 0.6 is 11.3 Å². The number of hydrogen-bond acceptors (Lipinski definition) is 4. The summed E-state index contributed by atoms with van der Waals surface area (Å²) in [5, 5.41) is 9.76. The first kappa shape index (κ1) is 17.1. The van der Waals surface area contributed by atoms with Gasteiger partial charge in [0.15, 0.2) is 0 Å². The van der Waals surface area contributed by atoms with Crippen LogP contribution in [0.2, 0.25) is 0 Å². The molecule has 0 bridgehead atoms. The molecule has 0 atom stereocenters. The number of aryl methyl sites for hydroxylation is 1. The summed E-state index contributed by atoms with van der Waals surface area (Å²) in [6.07, 6.45) is 2.57. The Labute approximate surface area is 144 Å². The Morgan fingerprint density at radius 1 is 1.46 bits per heavy atom. The van der Waals surface area contributed by atoms with Crippen molar-refractivity contribution in [3.63, 3.8) is 0 Å². The van der Waals surface area contributed by atoms with Crippen LogP contribution in [0, 0.1) is 11.2 Å². The SMILES string of the molecule is CC1(C)CCc2sc(-c3cc(CNN)ccc3F)c(C(=O)O)c2C1. The topological polar surface area (TPSA) is 75.3 Å². The molecule has 3 rings (SSSR count). The third-order valence-corrected chi connectivity index (χ3v) is 5.90. The highest BCUT2D eigenvalue weighted by Gasteiger charge is 2.33. The van der Waals surface area contributed by atoms with Crippen LogP contribution in [0.5, 0.6) is 0 Å². The summed E-state index contributed by atoms with van der Waals surface area (Å²) in [7, 11) is 0. The van der Waals surface area contributed by atoms with Crippen molar-refractivity contribution in [2.75, 3.05) is 0 Å². The minimum Gasteiger partial charge on any atom is -0.478 e. The molecule has 2 aromatic rings. The minimum atomic E-state index is -0.984. The van der Waals surface area contributed by atoms with Gasteiger partial charge in [0.2, 0.25) is 0 Å². The fourth-order valence-electron chi connectivity index (χ4n) is 3.31. The van der Waals surface area contributed by atoms with Gasteiger partial charge in [0.1, 0.15) is 5.82 Å².